The quantitative estimate of drug-likeness (QED) is 0.891. The van der Waals surface area contributed by atoms with Crippen LogP contribution in [-0.2, 0) is 6.54 Å². The lowest BCUT2D eigenvalue weighted by Crippen LogP contribution is -2.26. The zero-order chi connectivity index (χ0) is 13.1. The smallest absolute Gasteiger partial charge is 0.231 e. The second-order valence-electron chi connectivity index (χ2n) is 5.38. The highest BCUT2D eigenvalue weighted by Gasteiger charge is 2.18. The van der Waals surface area contributed by atoms with Crippen molar-refractivity contribution in [2.75, 3.05) is 19.9 Å². The zero-order valence-corrected chi connectivity index (χ0v) is 11.2. The van der Waals surface area contributed by atoms with E-state index in [1.54, 1.807) is 6.07 Å². The van der Waals surface area contributed by atoms with Gasteiger partial charge in [0.05, 0.1) is 0 Å². The van der Waals surface area contributed by atoms with E-state index in [4.69, 9.17) is 9.47 Å². The lowest BCUT2D eigenvalue weighted by molar-refractivity contribution is 0.173. The molecule has 1 N–H and O–H groups in total. The molecule has 2 aliphatic rings. The molecule has 4 nitrogen and oxygen atoms in total. The van der Waals surface area contributed by atoms with E-state index >= 15 is 0 Å². The van der Waals surface area contributed by atoms with Crippen molar-refractivity contribution in [2.24, 2.45) is 0 Å². The Bertz CT molecular complexity index is 439. The van der Waals surface area contributed by atoms with Crippen LogP contribution in [0.2, 0.25) is 0 Å². The van der Waals surface area contributed by atoms with Gasteiger partial charge in [-0.25, -0.2) is 0 Å². The molecule has 104 valence electrons. The molecular weight excluding hydrogens is 242 g/mol. The number of ether oxygens (including phenoxy) is 2. The summed E-state index contributed by atoms with van der Waals surface area (Å²) < 4.78 is 10.6. The maximum atomic E-state index is 10.1. The molecule has 0 spiro atoms. The SMILES string of the molecule is Oc1cc2c(cc1CN1CCCCCCC1)OCO2. The van der Waals surface area contributed by atoms with Gasteiger partial charge in [0.15, 0.2) is 11.5 Å². The minimum absolute atomic E-state index is 0.252. The molecule has 2 heterocycles. The fourth-order valence-electron chi connectivity index (χ4n) is 2.81. The molecule has 1 fully saturated rings. The monoisotopic (exact) mass is 263 g/mol. The number of phenols is 1. The molecule has 0 radical (unpaired) electrons. The topological polar surface area (TPSA) is 41.9 Å². The maximum Gasteiger partial charge on any atom is 0.231 e. The number of rotatable bonds is 2. The molecule has 19 heavy (non-hydrogen) atoms. The summed E-state index contributed by atoms with van der Waals surface area (Å²) in [5, 5.41) is 10.1. The highest BCUT2D eigenvalue weighted by atomic mass is 16.7. The summed E-state index contributed by atoms with van der Waals surface area (Å²) in [6.45, 7) is 3.28. The summed E-state index contributed by atoms with van der Waals surface area (Å²) in [6.07, 6.45) is 6.52. The van der Waals surface area contributed by atoms with Gasteiger partial charge in [0.25, 0.3) is 0 Å². The molecule has 1 aromatic carbocycles. The molecule has 0 saturated carbocycles. The number of hydrogen-bond donors (Lipinski definition) is 1. The third kappa shape index (κ3) is 2.95. The fraction of sp³-hybridized carbons (Fsp3) is 0.600. The van der Waals surface area contributed by atoms with Crippen molar-refractivity contribution < 1.29 is 14.6 Å². The predicted molar refractivity (Wildman–Crippen MR) is 72.6 cm³/mol. The number of aromatic hydroxyl groups is 1. The summed E-state index contributed by atoms with van der Waals surface area (Å²) in [7, 11) is 0. The second kappa shape index (κ2) is 5.70. The Kier molecular flexibility index (Phi) is 3.78. The molecule has 0 aromatic heterocycles. The zero-order valence-electron chi connectivity index (χ0n) is 11.2. The summed E-state index contributed by atoms with van der Waals surface area (Å²) in [5.74, 6) is 1.71. The molecule has 1 aromatic rings. The molecule has 1 saturated heterocycles. The first-order valence-corrected chi connectivity index (χ1v) is 7.17. The number of fused-ring (bicyclic) bond motifs is 1. The Balaban J connectivity index is 1.71. The van der Waals surface area contributed by atoms with Crippen LogP contribution in [0.5, 0.6) is 17.2 Å². The van der Waals surface area contributed by atoms with E-state index in [2.05, 4.69) is 4.90 Å². The van der Waals surface area contributed by atoms with Gasteiger partial charge in [0.2, 0.25) is 6.79 Å². The normalized spacial score (nSPS) is 20.0. The van der Waals surface area contributed by atoms with Gasteiger partial charge in [0, 0.05) is 18.2 Å². The van der Waals surface area contributed by atoms with E-state index in [9.17, 15) is 5.11 Å². The molecule has 3 rings (SSSR count). The van der Waals surface area contributed by atoms with Gasteiger partial charge in [0.1, 0.15) is 5.75 Å². The van der Waals surface area contributed by atoms with Crippen LogP contribution in [0.15, 0.2) is 12.1 Å². The average molecular weight is 263 g/mol. The number of likely N-dealkylation sites (tertiary alicyclic amines) is 1. The predicted octanol–water partition coefficient (Wildman–Crippen LogP) is 2.89. The largest absolute Gasteiger partial charge is 0.507 e. The fourth-order valence-corrected chi connectivity index (χ4v) is 2.81. The van der Waals surface area contributed by atoms with Crippen LogP contribution in [0.3, 0.4) is 0 Å². The minimum Gasteiger partial charge on any atom is -0.507 e. The van der Waals surface area contributed by atoms with Crippen LogP contribution in [0.25, 0.3) is 0 Å². The van der Waals surface area contributed by atoms with E-state index < -0.39 is 0 Å². The third-order valence-corrected chi connectivity index (χ3v) is 3.92. The van der Waals surface area contributed by atoms with E-state index in [1.807, 2.05) is 6.07 Å². The van der Waals surface area contributed by atoms with Crippen molar-refractivity contribution in [3.63, 3.8) is 0 Å². The van der Waals surface area contributed by atoms with Gasteiger partial charge >= 0.3 is 0 Å². The van der Waals surface area contributed by atoms with Crippen LogP contribution < -0.4 is 9.47 Å². The van der Waals surface area contributed by atoms with Gasteiger partial charge in [-0.2, -0.15) is 0 Å². The average Bonchev–Trinajstić information content (AvgIpc) is 2.79. The third-order valence-electron chi connectivity index (χ3n) is 3.92. The van der Waals surface area contributed by atoms with E-state index in [1.165, 1.54) is 32.1 Å². The lowest BCUT2D eigenvalue weighted by atomic mass is 10.1. The van der Waals surface area contributed by atoms with Crippen LogP contribution >= 0.6 is 0 Å². The van der Waals surface area contributed by atoms with Crippen molar-refractivity contribution in [1.82, 2.24) is 4.90 Å². The molecule has 0 aliphatic carbocycles. The van der Waals surface area contributed by atoms with Gasteiger partial charge in [-0.15, -0.1) is 0 Å². The number of phenolic OH excluding ortho intramolecular Hbond substituents is 1. The molecule has 4 heteroatoms. The van der Waals surface area contributed by atoms with Crippen LogP contribution in [-0.4, -0.2) is 29.9 Å². The summed E-state index contributed by atoms with van der Waals surface area (Å²) in [4.78, 5) is 2.43. The Morgan fingerprint density at radius 3 is 2.32 bits per heavy atom. The molecule has 0 amide bonds. The number of benzene rings is 1. The van der Waals surface area contributed by atoms with Crippen molar-refractivity contribution in [2.45, 2.75) is 38.6 Å². The number of nitrogens with zero attached hydrogens (tertiary/aromatic N) is 1. The molecule has 0 atom stereocenters. The molecule has 0 unspecified atom stereocenters. The van der Waals surface area contributed by atoms with E-state index in [-0.39, 0.29) is 6.79 Å². The maximum absolute atomic E-state index is 10.1. The highest BCUT2D eigenvalue weighted by Crippen LogP contribution is 2.38. The molecule has 0 bridgehead atoms. The van der Waals surface area contributed by atoms with Gasteiger partial charge < -0.3 is 14.6 Å². The Labute approximate surface area is 113 Å². The first kappa shape index (κ1) is 12.6. The highest BCUT2D eigenvalue weighted by molar-refractivity contribution is 5.51. The van der Waals surface area contributed by atoms with Crippen LogP contribution in [0, 0.1) is 0 Å². The minimum atomic E-state index is 0.252. The van der Waals surface area contributed by atoms with Crippen molar-refractivity contribution in [3.05, 3.63) is 17.7 Å². The standard InChI is InChI=1S/C15H21NO3/c17-13-9-15-14(18-11-19-15)8-12(13)10-16-6-4-2-1-3-5-7-16/h8-9,17H,1-7,10-11H2. The summed E-state index contributed by atoms with van der Waals surface area (Å²) in [6, 6.07) is 3.58. The summed E-state index contributed by atoms with van der Waals surface area (Å²) in [5.41, 5.74) is 0.935. The summed E-state index contributed by atoms with van der Waals surface area (Å²) >= 11 is 0. The van der Waals surface area contributed by atoms with Crippen LogP contribution in [0.4, 0.5) is 0 Å². The van der Waals surface area contributed by atoms with E-state index in [0.29, 0.717) is 11.5 Å². The molecular formula is C15H21NO3. The van der Waals surface area contributed by atoms with Gasteiger partial charge in [-0.1, -0.05) is 19.3 Å². The van der Waals surface area contributed by atoms with Crippen molar-refractivity contribution >= 4 is 0 Å². The van der Waals surface area contributed by atoms with Crippen molar-refractivity contribution in [1.29, 1.82) is 0 Å². The first-order valence-electron chi connectivity index (χ1n) is 7.17. The number of hydrogen-bond acceptors (Lipinski definition) is 4. The molecule has 2 aliphatic heterocycles. The van der Waals surface area contributed by atoms with Gasteiger partial charge in [-0.3, -0.25) is 4.90 Å². The Morgan fingerprint density at radius 2 is 1.58 bits per heavy atom. The van der Waals surface area contributed by atoms with Crippen molar-refractivity contribution in [3.8, 4) is 17.2 Å². The Hall–Kier alpha value is -1.42. The first-order chi connectivity index (χ1) is 9.33. The Morgan fingerprint density at radius 1 is 0.947 bits per heavy atom. The van der Waals surface area contributed by atoms with E-state index in [0.717, 1.165) is 30.9 Å². The van der Waals surface area contributed by atoms with Crippen LogP contribution in [0.1, 0.15) is 37.7 Å². The lowest BCUT2D eigenvalue weighted by Gasteiger charge is -2.24. The van der Waals surface area contributed by atoms with Gasteiger partial charge in [-0.05, 0) is 32.0 Å². The second-order valence-corrected chi connectivity index (χ2v) is 5.38.